The smallest absolute Gasteiger partial charge is 0.408 e. The van der Waals surface area contributed by atoms with Crippen molar-refractivity contribution in [1.29, 1.82) is 0 Å². The van der Waals surface area contributed by atoms with Crippen LogP contribution in [0.3, 0.4) is 0 Å². The number of primary amides is 1. The van der Waals surface area contributed by atoms with Crippen molar-refractivity contribution in [2.45, 2.75) is 49.1 Å². The molecule has 7 nitrogen and oxygen atoms in total. The molecule has 3 N–H and O–H groups in total. The molecule has 2 atom stereocenters. The van der Waals surface area contributed by atoms with Gasteiger partial charge in [-0.3, -0.25) is 4.79 Å². The number of hydrogen-bond acceptors (Lipinski definition) is 5. The molecule has 0 bridgehead atoms. The van der Waals surface area contributed by atoms with Crippen molar-refractivity contribution in [3.8, 4) is 0 Å². The molecule has 0 heterocycles. The number of nitrogens with one attached hydrogen (secondary N) is 1. The topological polar surface area (TPSA) is 116 Å². The fraction of sp³-hybridized carbons (Fsp3) is 0.500. The first-order valence-corrected chi connectivity index (χ1v) is 9.35. The van der Waals surface area contributed by atoms with Gasteiger partial charge in [-0.25, -0.2) is 13.2 Å². The van der Waals surface area contributed by atoms with Gasteiger partial charge in [0.2, 0.25) is 5.91 Å². The van der Waals surface area contributed by atoms with Gasteiger partial charge in [0.05, 0.1) is 4.90 Å². The molecule has 1 aliphatic carbocycles. The second-order valence-electron chi connectivity index (χ2n) is 7.06. The highest BCUT2D eigenvalue weighted by Gasteiger charge is 2.61. The summed E-state index contributed by atoms with van der Waals surface area (Å²) in [5.74, 6) is -0.957. The molecule has 1 saturated carbocycles. The van der Waals surface area contributed by atoms with E-state index in [4.69, 9.17) is 10.5 Å². The average molecular weight is 354 g/mol. The number of amides is 2. The molecular weight excluding hydrogens is 332 g/mol. The fourth-order valence-electron chi connectivity index (χ4n) is 2.57. The Hall–Kier alpha value is -2.09. The van der Waals surface area contributed by atoms with Gasteiger partial charge in [-0.2, -0.15) is 0 Å². The predicted octanol–water partition coefficient (Wildman–Crippen LogP) is 1.33. The largest absolute Gasteiger partial charge is 0.444 e. The van der Waals surface area contributed by atoms with Crippen LogP contribution in [-0.4, -0.2) is 37.8 Å². The van der Waals surface area contributed by atoms with Gasteiger partial charge >= 0.3 is 6.09 Å². The van der Waals surface area contributed by atoms with E-state index in [-0.39, 0.29) is 10.8 Å². The Morgan fingerprint density at radius 1 is 1.25 bits per heavy atom. The van der Waals surface area contributed by atoms with Crippen molar-refractivity contribution in [2.75, 3.05) is 6.26 Å². The maximum atomic E-state index is 12.0. The van der Waals surface area contributed by atoms with Crippen LogP contribution in [0, 0.1) is 0 Å². The molecule has 24 heavy (non-hydrogen) atoms. The maximum Gasteiger partial charge on any atom is 0.408 e. The number of carbonyl (C=O) groups is 2. The Bertz CT molecular complexity index is 765. The maximum absolute atomic E-state index is 12.0. The Morgan fingerprint density at radius 2 is 1.79 bits per heavy atom. The highest BCUT2D eigenvalue weighted by atomic mass is 32.2. The van der Waals surface area contributed by atoms with E-state index in [9.17, 15) is 18.0 Å². The molecule has 1 aromatic carbocycles. The number of carbonyl (C=O) groups excluding carboxylic acids is 2. The summed E-state index contributed by atoms with van der Waals surface area (Å²) in [6.45, 7) is 5.16. The Balaban J connectivity index is 2.18. The molecule has 8 heteroatoms. The number of hydrogen-bond donors (Lipinski definition) is 2. The third-order valence-electron chi connectivity index (χ3n) is 3.84. The molecule has 0 radical (unpaired) electrons. The van der Waals surface area contributed by atoms with Crippen molar-refractivity contribution in [3.63, 3.8) is 0 Å². The van der Waals surface area contributed by atoms with Crippen LogP contribution in [0.4, 0.5) is 4.79 Å². The summed E-state index contributed by atoms with van der Waals surface area (Å²) in [6, 6.07) is 6.20. The van der Waals surface area contributed by atoms with E-state index in [0.717, 1.165) is 11.8 Å². The lowest BCUT2D eigenvalue weighted by atomic mass is 10.1. The first-order valence-electron chi connectivity index (χ1n) is 7.46. The van der Waals surface area contributed by atoms with Gasteiger partial charge in [0.25, 0.3) is 0 Å². The lowest BCUT2D eigenvalue weighted by molar-refractivity contribution is -0.121. The molecule has 2 rings (SSSR count). The molecule has 1 unspecified atom stereocenters. The van der Waals surface area contributed by atoms with Crippen LogP contribution >= 0.6 is 0 Å². The molecule has 0 aliphatic heterocycles. The predicted molar refractivity (Wildman–Crippen MR) is 88.2 cm³/mol. The Kier molecular flexibility index (Phi) is 4.39. The molecule has 132 valence electrons. The molecule has 0 aromatic heterocycles. The minimum absolute atomic E-state index is 0.191. The van der Waals surface area contributed by atoms with Crippen molar-refractivity contribution in [3.05, 3.63) is 29.8 Å². The monoisotopic (exact) mass is 354 g/mol. The summed E-state index contributed by atoms with van der Waals surface area (Å²) in [6.07, 6.45) is 0.757. The Labute approximate surface area is 141 Å². The molecular formula is C16H22N2O5S. The molecule has 0 spiro atoms. The third-order valence-corrected chi connectivity index (χ3v) is 4.96. The summed E-state index contributed by atoms with van der Waals surface area (Å²) < 4.78 is 28.2. The highest BCUT2D eigenvalue weighted by molar-refractivity contribution is 7.90. The minimum atomic E-state index is -3.29. The zero-order valence-electron chi connectivity index (χ0n) is 14.1. The number of rotatable bonds is 4. The standard InChI is InChI=1S/C16H22N2O5S/c1-15(2,3)23-14(20)18-16(13(17)19)9-12(16)10-5-7-11(8-6-10)24(4,21)22/h5-8,12H,9H2,1-4H3,(H2,17,19)(H,18,20)/t12-,16?/m1/s1. The zero-order valence-corrected chi connectivity index (χ0v) is 14.9. The van der Waals surface area contributed by atoms with Gasteiger partial charge in [0, 0.05) is 12.2 Å². The molecule has 1 aliphatic rings. The summed E-state index contributed by atoms with van der Waals surface area (Å²) in [7, 11) is -3.29. The van der Waals surface area contributed by atoms with Gasteiger partial charge < -0.3 is 15.8 Å². The molecule has 1 fully saturated rings. The number of alkyl carbamates (subject to hydrolysis) is 1. The number of ether oxygens (including phenoxy) is 1. The highest BCUT2D eigenvalue weighted by Crippen LogP contribution is 2.51. The lowest BCUT2D eigenvalue weighted by Crippen LogP contribution is -2.49. The van der Waals surface area contributed by atoms with Crippen molar-refractivity contribution in [1.82, 2.24) is 5.32 Å². The fourth-order valence-corrected chi connectivity index (χ4v) is 3.20. The molecule has 1 aromatic rings. The third kappa shape index (κ3) is 3.87. The van der Waals surface area contributed by atoms with E-state index < -0.39 is 33.0 Å². The van der Waals surface area contributed by atoms with Crippen molar-refractivity contribution in [2.24, 2.45) is 5.73 Å². The second-order valence-corrected chi connectivity index (χ2v) is 9.08. The normalized spacial score (nSPS) is 23.4. The number of nitrogens with two attached hydrogens (primary N) is 1. The summed E-state index contributed by atoms with van der Waals surface area (Å²) >= 11 is 0. The average Bonchev–Trinajstić information content (AvgIpc) is 3.11. The van der Waals surface area contributed by atoms with Gasteiger partial charge in [0.15, 0.2) is 9.84 Å². The van der Waals surface area contributed by atoms with Gasteiger partial charge in [-0.1, -0.05) is 12.1 Å². The van der Waals surface area contributed by atoms with Gasteiger partial charge in [-0.15, -0.1) is 0 Å². The first kappa shape index (κ1) is 18.3. The summed E-state index contributed by atoms with van der Waals surface area (Å²) in [4.78, 5) is 24.0. The van der Waals surface area contributed by atoms with E-state index in [1.54, 1.807) is 32.9 Å². The van der Waals surface area contributed by atoms with Crippen LogP contribution < -0.4 is 11.1 Å². The molecule has 0 saturated heterocycles. The summed E-state index contributed by atoms with van der Waals surface area (Å²) in [5.41, 5.74) is 4.31. The number of benzene rings is 1. The first-order chi connectivity index (χ1) is 10.8. The van der Waals surface area contributed by atoms with Crippen LogP contribution in [0.1, 0.15) is 38.7 Å². The van der Waals surface area contributed by atoms with E-state index in [1.165, 1.54) is 12.1 Å². The van der Waals surface area contributed by atoms with E-state index in [2.05, 4.69) is 5.32 Å². The van der Waals surface area contributed by atoms with Gasteiger partial charge in [0.1, 0.15) is 11.1 Å². The van der Waals surface area contributed by atoms with Crippen LogP contribution in [0.5, 0.6) is 0 Å². The van der Waals surface area contributed by atoms with E-state index in [1.807, 2.05) is 0 Å². The lowest BCUT2D eigenvalue weighted by Gasteiger charge is -2.23. The summed E-state index contributed by atoms with van der Waals surface area (Å²) in [5, 5.41) is 2.56. The number of sulfone groups is 1. The van der Waals surface area contributed by atoms with Crippen LogP contribution in [0.25, 0.3) is 0 Å². The Morgan fingerprint density at radius 3 is 2.21 bits per heavy atom. The van der Waals surface area contributed by atoms with Crippen molar-refractivity contribution < 1.29 is 22.7 Å². The van der Waals surface area contributed by atoms with Crippen LogP contribution in [0.15, 0.2) is 29.2 Å². The quantitative estimate of drug-likeness (QED) is 0.846. The van der Waals surface area contributed by atoms with Crippen LogP contribution in [0.2, 0.25) is 0 Å². The second kappa shape index (κ2) is 5.77. The minimum Gasteiger partial charge on any atom is -0.444 e. The SMILES string of the molecule is CC(C)(C)OC(=O)NC1(C(N)=O)C[C@@H]1c1ccc(S(C)(=O)=O)cc1. The van der Waals surface area contributed by atoms with Crippen LogP contribution in [-0.2, 0) is 19.4 Å². The van der Waals surface area contributed by atoms with E-state index >= 15 is 0 Å². The van der Waals surface area contributed by atoms with Gasteiger partial charge in [-0.05, 0) is 44.9 Å². The molecule has 2 amide bonds. The van der Waals surface area contributed by atoms with Crippen molar-refractivity contribution >= 4 is 21.8 Å². The zero-order chi connectivity index (χ0) is 18.3. The van der Waals surface area contributed by atoms with E-state index in [0.29, 0.717) is 6.42 Å².